The van der Waals surface area contributed by atoms with Gasteiger partial charge in [0.05, 0.1) is 0 Å². The average Bonchev–Trinajstić information content (AvgIpc) is 2.56. The molecule has 0 amide bonds. The fourth-order valence-electron chi connectivity index (χ4n) is 3.98. The Bertz CT molecular complexity index is 475. The van der Waals surface area contributed by atoms with Crippen LogP contribution in [0, 0.1) is 24.7 Å². The molecule has 1 aromatic heterocycles. The molecule has 0 N–H and O–H groups in total. The molecular weight excluding hydrogens is 268 g/mol. The highest BCUT2D eigenvalue weighted by Gasteiger charge is 2.23. The first-order chi connectivity index (χ1) is 10.7. The largest absolute Gasteiger partial charge is 0.241 e. The summed E-state index contributed by atoms with van der Waals surface area (Å²) >= 11 is 0. The third-order valence-electron chi connectivity index (χ3n) is 5.65. The van der Waals surface area contributed by atoms with E-state index in [2.05, 4.69) is 36.0 Å². The molecule has 2 fully saturated rings. The normalized spacial score (nSPS) is 33.2. The summed E-state index contributed by atoms with van der Waals surface area (Å²) < 4.78 is 0. The van der Waals surface area contributed by atoms with E-state index >= 15 is 0 Å². The molecule has 1 aromatic rings. The molecule has 0 saturated heterocycles. The number of allylic oxidation sites excluding steroid dienone is 2. The van der Waals surface area contributed by atoms with Crippen molar-refractivity contribution in [3.8, 4) is 0 Å². The molecule has 2 heteroatoms. The Morgan fingerprint density at radius 2 is 1.32 bits per heavy atom. The van der Waals surface area contributed by atoms with Gasteiger partial charge in [-0.05, 0) is 68.8 Å². The highest BCUT2D eigenvalue weighted by molar-refractivity contribution is 5.07. The first kappa shape index (κ1) is 15.7. The molecule has 22 heavy (non-hydrogen) atoms. The predicted molar refractivity (Wildman–Crippen MR) is 91.7 cm³/mol. The molecule has 0 atom stereocenters. The minimum atomic E-state index is 0.584. The lowest BCUT2D eigenvalue weighted by atomic mass is 9.79. The summed E-state index contributed by atoms with van der Waals surface area (Å²) in [5.74, 6) is 4.25. The van der Waals surface area contributed by atoms with E-state index in [4.69, 9.17) is 0 Å². The molecule has 3 rings (SSSR count). The van der Waals surface area contributed by atoms with Gasteiger partial charge in [-0.2, -0.15) is 0 Å². The van der Waals surface area contributed by atoms with Gasteiger partial charge in [0.1, 0.15) is 5.82 Å². The smallest absolute Gasteiger partial charge is 0.131 e. The predicted octanol–water partition coefficient (Wildman–Crippen LogP) is 5.44. The Morgan fingerprint density at radius 3 is 1.86 bits per heavy atom. The van der Waals surface area contributed by atoms with E-state index in [9.17, 15) is 0 Å². The minimum absolute atomic E-state index is 0.584. The standard InChI is InChI=1S/C20H30N2/c1-15-3-5-17(6-4-15)7-8-18-9-11-19(12-10-18)20-21-13-16(2)14-22-20/h7-8,13-15,17-19H,3-6,9-12H2,1-2H3/b8-7+. The van der Waals surface area contributed by atoms with Crippen LogP contribution in [0.2, 0.25) is 0 Å². The third kappa shape index (κ3) is 4.18. The fraction of sp³-hybridized carbons (Fsp3) is 0.700. The van der Waals surface area contributed by atoms with Crippen molar-refractivity contribution in [2.24, 2.45) is 17.8 Å². The summed E-state index contributed by atoms with van der Waals surface area (Å²) in [7, 11) is 0. The van der Waals surface area contributed by atoms with Crippen molar-refractivity contribution in [3.63, 3.8) is 0 Å². The van der Waals surface area contributed by atoms with E-state index in [1.54, 1.807) is 0 Å². The second-order valence-electron chi connectivity index (χ2n) is 7.64. The van der Waals surface area contributed by atoms with E-state index in [0.29, 0.717) is 5.92 Å². The minimum Gasteiger partial charge on any atom is -0.241 e. The van der Waals surface area contributed by atoms with Crippen molar-refractivity contribution in [3.05, 3.63) is 35.9 Å². The van der Waals surface area contributed by atoms with E-state index < -0.39 is 0 Å². The molecule has 0 aromatic carbocycles. The molecule has 2 aliphatic rings. The summed E-state index contributed by atoms with van der Waals surface area (Å²) in [5.41, 5.74) is 1.15. The molecule has 2 aliphatic carbocycles. The zero-order chi connectivity index (χ0) is 15.4. The molecule has 0 aliphatic heterocycles. The van der Waals surface area contributed by atoms with Crippen LogP contribution in [0.5, 0.6) is 0 Å². The van der Waals surface area contributed by atoms with Crippen LogP contribution in [0.25, 0.3) is 0 Å². The first-order valence-electron chi connectivity index (χ1n) is 9.17. The maximum atomic E-state index is 4.52. The second kappa shape index (κ2) is 7.39. The molecular formula is C20H30N2. The van der Waals surface area contributed by atoms with Crippen molar-refractivity contribution < 1.29 is 0 Å². The molecule has 120 valence electrons. The highest BCUT2D eigenvalue weighted by atomic mass is 14.9. The van der Waals surface area contributed by atoms with Gasteiger partial charge in [0.2, 0.25) is 0 Å². The van der Waals surface area contributed by atoms with Crippen LogP contribution in [0.1, 0.15) is 75.6 Å². The molecule has 1 heterocycles. The van der Waals surface area contributed by atoms with Gasteiger partial charge in [-0.15, -0.1) is 0 Å². The van der Waals surface area contributed by atoms with Crippen molar-refractivity contribution in [1.29, 1.82) is 0 Å². The Kier molecular flexibility index (Phi) is 5.28. The van der Waals surface area contributed by atoms with Crippen molar-refractivity contribution >= 4 is 0 Å². The Morgan fingerprint density at radius 1 is 0.818 bits per heavy atom. The van der Waals surface area contributed by atoms with E-state index in [-0.39, 0.29) is 0 Å². The molecule has 0 spiro atoms. The lowest BCUT2D eigenvalue weighted by Gasteiger charge is -2.27. The van der Waals surface area contributed by atoms with Crippen molar-refractivity contribution in [1.82, 2.24) is 9.97 Å². The van der Waals surface area contributed by atoms with E-state index in [1.807, 2.05) is 12.4 Å². The van der Waals surface area contributed by atoms with Crippen molar-refractivity contribution in [2.45, 2.75) is 71.1 Å². The van der Waals surface area contributed by atoms with Gasteiger partial charge in [0.25, 0.3) is 0 Å². The molecule has 0 radical (unpaired) electrons. The van der Waals surface area contributed by atoms with Gasteiger partial charge in [-0.25, -0.2) is 9.97 Å². The number of aromatic nitrogens is 2. The van der Waals surface area contributed by atoms with E-state index in [1.165, 1.54) is 51.4 Å². The molecule has 0 bridgehead atoms. The lowest BCUT2D eigenvalue weighted by molar-refractivity contribution is 0.326. The zero-order valence-electron chi connectivity index (χ0n) is 14.2. The van der Waals surface area contributed by atoms with Gasteiger partial charge in [-0.1, -0.05) is 31.9 Å². The molecule has 2 saturated carbocycles. The van der Waals surface area contributed by atoms with Crippen LogP contribution >= 0.6 is 0 Å². The van der Waals surface area contributed by atoms with Gasteiger partial charge >= 0.3 is 0 Å². The van der Waals surface area contributed by atoms with Gasteiger partial charge in [0, 0.05) is 18.3 Å². The monoisotopic (exact) mass is 298 g/mol. The van der Waals surface area contributed by atoms with Crippen LogP contribution < -0.4 is 0 Å². The lowest BCUT2D eigenvalue weighted by Crippen LogP contribution is -2.15. The quantitative estimate of drug-likeness (QED) is 0.694. The second-order valence-corrected chi connectivity index (χ2v) is 7.64. The number of nitrogens with zero attached hydrogens (tertiary/aromatic N) is 2. The van der Waals surface area contributed by atoms with Gasteiger partial charge in [-0.3, -0.25) is 0 Å². The zero-order valence-corrected chi connectivity index (χ0v) is 14.2. The average molecular weight is 298 g/mol. The summed E-state index contributed by atoms with van der Waals surface area (Å²) in [6.07, 6.45) is 19.8. The van der Waals surface area contributed by atoms with Crippen LogP contribution in [-0.2, 0) is 0 Å². The van der Waals surface area contributed by atoms with E-state index in [0.717, 1.165) is 29.1 Å². The van der Waals surface area contributed by atoms with Crippen LogP contribution in [0.3, 0.4) is 0 Å². The maximum Gasteiger partial charge on any atom is 0.131 e. The Hall–Kier alpha value is -1.18. The van der Waals surface area contributed by atoms with Gasteiger partial charge in [0.15, 0.2) is 0 Å². The van der Waals surface area contributed by atoms with Crippen LogP contribution in [0.15, 0.2) is 24.5 Å². The van der Waals surface area contributed by atoms with Crippen LogP contribution in [-0.4, -0.2) is 9.97 Å². The summed E-state index contributed by atoms with van der Waals surface area (Å²) in [4.78, 5) is 9.05. The summed E-state index contributed by atoms with van der Waals surface area (Å²) in [6.45, 7) is 4.45. The Labute approximate surface area is 135 Å². The first-order valence-corrected chi connectivity index (χ1v) is 9.17. The summed E-state index contributed by atoms with van der Waals surface area (Å²) in [6, 6.07) is 0. The van der Waals surface area contributed by atoms with Crippen LogP contribution in [0.4, 0.5) is 0 Å². The number of hydrogen-bond donors (Lipinski definition) is 0. The fourth-order valence-corrected chi connectivity index (χ4v) is 3.98. The number of rotatable bonds is 3. The number of aryl methyl sites for hydroxylation is 1. The van der Waals surface area contributed by atoms with Gasteiger partial charge < -0.3 is 0 Å². The SMILES string of the molecule is Cc1cnc(C2CCC(/C=C/C3CCC(C)CC3)CC2)nc1. The summed E-state index contributed by atoms with van der Waals surface area (Å²) in [5, 5.41) is 0. The maximum absolute atomic E-state index is 4.52. The molecule has 0 unspecified atom stereocenters. The Balaban J connectivity index is 1.46. The van der Waals surface area contributed by atoms with Crippen molar-refractivity contribution in [2.75, 3.05) is 0 Å². The molecule has 2 nitrogen and oxygen atoms in total. The topological polar surface area (TPSA) is 25.8 Å². The highest BCUT2D eigenvalue weighted by Crippen LogP contribution is 2.36. The third-order valence-corrected chi connectivity index (χ3v) is 5.65. The number of hydrogen-bond acceptors (Lipinski definition) is 2.